The molecule has 0 aliphatic rings. The minimum Gasteiger partial charge on any atom is -0.302 e. The lowest BCUT2D eigenvalue weighted by Crippen LogP contribution is -2.14. The van der Waals surface area contributed by atoms with Crippen molar-refractivity contribution < 1.29 is 4.79 Å². The third-order valence-electron chi connectivity index (χ3n) is 3.28. The van der Waals surface area contributed by atoms with Crippen molar-refractivity contribution in [2.45, 2.75) is 6.54 Å². The van der Waals surface area contributed by atoms with E-state index in [-0.39, 0.29) is 11.5 Å². The fourth-order valence-corrected chi connectivity index (χ4v) is 3.24. The molecule has 0 saturated carbocycles. The Morgan fingerprint density at radius 2 is 1.92 bits per heavy atom. The van der Waals surface area contributed by atoms with Gasteiger partial charge in [-0.05, 0) is 33.6 Å². The van der Waals surface area contributed by atoms with E-state index < -0.39 is 5.91 Å². The maximum Gasteiger partial charge on any atom is 0.278 e. The minimum atomic E-state index is -0.408. The number of anilines is 1. The van der Waals surface area contributed by atoms with Crippen molar-refractivity contribution in [3.8, 4) is 0 Å². The summed E-state index contributed by atoms with van der Waals surface area (Å²) < 4.78 is 3.72. The Morgan fingerprint density at radius 1 is 1.16 bits per heavy atom. The molecular weight excluding hydrogens is 452 g/mol. The van der Waals surface area contributed by atoms with E-state index in [4.69, 9.17) is 34.8 Å². The highest BCUT2D eigenvalue weighted by Crippen LogP contribution is 2.25. The van der Waals surface area contributed by atoms with Crippen LogP contribution in [-0.4, -0.2) is 25.5 Å². The van der Waals surface area contributed by atoms with Gasteiger partial charge in [-0.15, -0.1) is 0 Å². The smallest absolute Gasteiger partial charge is 0.278 e. The zero-order valence-electron chi connectivity index (χ0n) is 12.8. The van der Waals surface area contributed by atoms with Crippen LogP contribution in [0.3, 0.4) is 0 Å². The molecule has 1 aromatic carbocycles. The average molecular weight is 464 g/mol. The van der Waals surface area contributed by atoms with Gasteiger partial charge < -0.3 is 5.32 Å². The third-order valence-corrected chi connectivity index (χ3v) is 4.87. The molecule has 0 saturated heterocycles. The van der Waals surface area contributed by atoms with E-state index in [1.807, 2.05) is 6.07 Å². The first-order valence-corrected chi connectivity index (χ1v) is 8.93. The molecule has 0 unspecified atom stereocenters. The molecule has 0 radical (unpaired) electrons. The summed E-state index contributed by atoms with van der Waals surface area (Å²) in [5.41, 5.74) is 1.15. The van der Waals surface area contributed by atoms with Gasteiger partial charge in [-0.2, -0.15) is 10.2 Å². The van der Waals surface area contributed by atoms with E-state index in [0.29, 0.717) is 26.1 Å². The normalized spacial score (nSPS) is 10.9. The van der Waals surface area contributed by atoms with Crippen molar-refractivity contribution in [3.63, 3.8) is 0 Å². The van der Waals surface area contributed by atoms with Crippen molar-refractivity contribution in [3.05, 3.63) is 61.4 Å². The van der Waals surface area contributed by atoms with Gasteiger partial charge in [-0.25, -0.2) is 0 Å². The summed E-state index contributed by atoms with van der Waals surface area (Å²) in [4.78, 5) is 12.3. The molecule has 0 aliphatic heterocycles. The lowest BCUT2D eigenvalue weighted by molar-refractivity contribution is 0.102. The molecule has 0 atom stereocenters. The largest absolute Gasteiger partial charge is 0.302 e. The molecule has 0 spiro atoms. The molecule has 0 bridgehead atoms. The molecular formula is C15H11BrCl3N5O. The number of rotatable bonds is 4. The van der Waals surface area contributed by atoms with Gasteiger partial charge in [0.25, 0.3) is 5.91 Å². The zero-order valence-corrected chi connectivity index (χ0v) is 16.7. The molecule has 10 heteroatoms. The topological polar surface area (TPSA) is 64.7 Å². The van der Waals surface area contributed by atoms with Crippen LogP contribution in [0.5, 0.6) is 0 Å². The van der Waals surface area contributed by atoms with Crippen LogP contribution in [0.2, 0.25) is 15.1 Å². The van der Waals surface area contributed by atoms with E-state index in [2.05, 4.69) is 31.4 Å². The van der Waals surface area contributed by atoms with Crippen molar-refractivity contribution in [1.82, 2.24) is 19.6 Å². The predicted molar refractivity (Wildman–Crippen MR) is 102 cm³/mol. The van der Waals surface area contributed by atoms with Gasteiger partial charge in [0.1, 0.15) is 5.02 Å². The Hall–Kier alpha value is -1.54. The van der Waals surface area contributed by atoms with Crippen LogP contribution in [0.25, 0.3) is 0 Å². The van der Waals surface area contributed by atoms with Crippen LogP contribution < -0.4 is 5.32 Å². The summed E-state index contributed by atoms with van der Waals surface area (Å²) in [6.07, 6.45) is 3.30. The molecule has 2 aromatic heterocycles. The quantitative estimate of drug-likeness (QED) is 0.613. The predicted octanol–water partition coefficient (Wildman–Crippen LogP) is 4.64. The highest BCUT2D eigenvalue weighted by Gasteiger charge is 2.17. The van der Waals surface area contributed by atoms with Gasteiger partial charge in [0.05, 0.1) is 21.1 Å². The van der Waals surface area contributed by atoms with Crippen LogP contribution in [0, 0.1) is 0 Å². The van der Waals surface area contributed by atoms with E-state index in [1.165, 1.54) is 4.68 Å². The lowest BCUT2D eigenvalue weighted by atomic mass is 10.2. The summed E-state index contributed by atoms with van der Waals surface area (Å²) in [6, 6.07) is 5.31. The number of amides is 1. The fraction of sp³-hybridized carbons (Fsp3) is 0.133. The Bertz CT molecular complexity index is 953. The van der Waals surface area contributed by atoms with Gasteiger partial charge in [-0.1, -0.05) is 40.9 Å². The Morgan fingerprint density at radius 3 is 2.56 bits per heavy atom. The molecule has 0 aliphatic carbocycles. The molecule has 3 rings (SSSR count). The average Bonchev–Trinajstić information content (AvgIpc) is 3.05. The van der Waals surface area contributed by atoms with Crippen LogP contribution in [-0.2, 0) is 13.6 Å². The first-order valence-electron chi connectivity index (χ1n) is 7.01. The Kier molecular flexibility index (Phi) is 5.38. The van der Waals surface area contributed by atoms with Crippen LogP contribution in [0.1, 0.15) is 16.1 Å². The van der Waals surface area contributed by atoms with Crippen LogP contribution in [0.15, 0.2) is 35.1 Å². The number of halogens is 4. The van der Waals surface area contributed by atoms with Crippen molar-refractivity contribution in [1.29, 1.82) is 0 Å². The van der Waals surface area contributed by atoms with E-state index >= 15 is 0 Å². The highest BCUT2D eigenvalue weighted by atomic mass is 79.9. The minimum absolute atomic E-state index is 0.248. The first kappa shape index (κ1) is 18.3. The number of nitrogens with zero attached hydrogens (tertiary/aromatic N) is 4. The number of hydrogen-bond acceptors (Lipinski definition) is 3. The van der Waals surface area contributed by atoms with Crippen LogP contribution >= 0.6 is 50.7 Å². The molecule has 3 aromatic rings. The van der Waals surface area contributed by atoms with Gasteiger partial charge in [0.15, 0.2) is 11.5 Å². The Balaban J connectivity index is 1.77. The maximum atomic E-state index is 12.3. The Labute approximate surface area is 166 Å². The number of aryl methyl sites for hydroxylation is 1. The molecule has 1 N–H and O–H groups in total. The zero-order chi connectivity index (χ0) is 18.1. The standard InChI is InChI=1S/C15H11BrCl3N5O/c1-23-6-9(16)13(21-23)15(25)20-14-12(19)7-24(22-14)5-8-2-3-10(17)11(18)4-8/h2-4,6-7H,5H2,1H3,(H,20,22,25). The molecule has 2 heterocycles. The van der Waals surface area contributed by atoms with E-state index in [9.17, 15) is 4.79 Å². The number of aromatic nitrogens is 4. The number of nitrogens with one attached hydrogen (secondary N) is 1. The van der Waals surface area contributed by atoms with Crippen molar-refractivity contribution >= 4 is 62.5 Å². The molecule has 0 fully saturated rings. The SMILES string of the molecule is Cn1cc(Br)c(C(=O)Nc2nn(Cc3ccc(Cl)c(Cl)c3)cc2Cl)n1. The summed E-state index contributed by atoms with van der Waals surface area (Å²) in [5, 5.41) is 12.3. The van der Waals surface area contributed by atoms with Gasteiger partial charge in [0.2, 0.25) is 0 Å². The summed E-state index contributed by atoms with van der Waals surface area (Å²) >= 11 is 21.4. The molecule has 6 nitrogen and oxygen atoms in total. The van der Waals surface area contributed by atoms with Gasteiger partial charge in [-0.3, -0.25) is 14.2 Å². The van der Waals surface area contributed by atoms with E-state index in [0.717, 1.165) is 5.56 Å². The number of benzene rings is 1. The number of hydrogen-bond donors (Lipinski definition) is 1. The highest BCUT2D eigenvalue weighted by molar-refractivity contribution is 9.10. The molecule has 130 valence electrons. The second kappa shape index (κ2) is 7.37. The summed E-state index contributed by atoms with van der Waals surface area (Å²) in [7, 11) is 1.72. The summed E-state index contributed by atoms with van der Waals surface area (Å²) in [5.74, 6) is -0.154. The monoisotopic (exact) mass is 461 g/mol. The first-order chi connectivity index (χ1) is 11.8. The van der Waals surface area contributed by atoms with Gasteiger partial charge in [0, 0.05) is 19.4 Å². The second-order valence-electron chi connectivity index (χ2n) is 5.23. The van der Waals surface area contributed by atoms with Crippen molar-refractivity contribution in [2.24, 2.45) is 7.05 Å². The number of carbonyl (C=O) groups is 1. The summed E-state index contributed by atoms with van der Waals surface area (Å²) in [6.45, 7) is 0.430. The maximum absolute atomic E-state index is 12.3. The van der Waals surface area contributed by atoms with Gasteiger partial charge >= 0.3 is 0 Å². The molecule has 1 amide bonds. The van der Waals surface area contributed by atoms with Crippen molar-refractivity contribution in [2.75, 3.05) is 5.32 Å². The van der Waals surface area contributed by atoms with Crippen LogP contribution in [0.4, 0.5) is 5.82 Å². The lowest BCUT2D eigenvalue weighted by Gasteiger charge is -2.04. The van der Waals surface area contributed by atoms with E-state index in [1.54, 1.807) is 36.3 Å². The third kappa shape index (κ3) is 4.17. The number of carbonyl (C=O) groups excluding carboxylic acids is 1. The molecule has 25 heavy (non-hydrogen) atoms. The fourth-order valence-electron chi connectivity index (χ4n) is 2.17. The second-order valence-corrected chi connectivity index (χ2v) is 7.30.